The summed E-state index contributed by atoms with van der Waals surface area (Å²) in [5.74, 6) is -1.00. The number of rotatable bonds is 7. The van der Waals surface area contributed by atoms with Crippen molar-refractivity contribution in [2.24, 2.45) is 5.41 Å². The van der Waals surface area contributed by atoms with Gasteiger partial charge in [0.1, 0.15) is 10.4 Å². The smallest absolute Gasteiger partial charge is 0.313 e. The minimum atomic E-state index is -1.00. The first-order valence-corrected chi connectivity index (χ1v) is 9.89. The number of methoxy groups -OCH3 is 1. The van der Waals surface area contributed by atoms with Gasteiger partial charge in [0.15, 0.2) is 0 Å². The summed E-state index contributed by atoms with van der Waals surface area (Å²) < 4.78 is 5.08. The lowest BCUT2D eigenvalue weighted by Gasteiger charge is -2.23. The average Bonchev–Trinajstić information content (AvgIpc) is 3.30. The second kappa shape index (κ2) is 8.19. The number of nitrogens with zero attached hydrogens (tertiary/aromatic N) is 2. The van der Waals surface area contributed by atoms with E-state index in [1.54, 1.807) is 4.90 Å². The minimum Gasteiger partial charge on any atom is -0.481 e. The van der Waals surface area contributed by atoms with Crippen molar-refractivity contribution in [3.05, 3.63) is 40.9 Å². The van der Waals surface area contributed by atoms with Crippen LogP contribution in [0.4, 0.5) is 0 Å². The van der Waals surface area contributed by atoms with Gasteiger partial charge in [-0.1, -0.05) is 31.2 Å². The van der Waals surface area contributed by atoms with Gasteiger partial charge in [0.2, 0.25) is 5.91 Å². The molecule has 1 N–H and O–H groups in total. The number of carboxylic acids is 1. The van der Waals surface area contributed by atoms with E-state index in [-0.39, 0.29) is 25.5 Å². The fourth-order valence-electron chi connectivity index (χ4n) is 3.39. The van der Waals surface area contributed by atoms with E-state index in [1.807, 2.05) is 5.38 Å². The first-order chi connectivity index (χ1) is 13.0. The van der Waals surface area contributed by atoms with E-state index < -0.39 is 11.4 Å². The fourth-order valence-corrected chi connectivity index (χ4v) is 4.21. The molecule has 1 unspecified atom stereocenters. The zero-order valence-electron chi connectivity index (χ0n) is 15.6. The lowest BCUT2D eigenvalue weighted by Crippen LogP contribution is -2.40. The topological polar surface area (TPSA) is 79.7 Å². The quantitative estimate of drug-likeness (QED) is 0.789. The molecule has 0 spiro atoms. The van der Waals surface area contributed by atoms with Gasteiger partial charge in [-0.25, -0.2) is 4.98 Å². The van der Waals surface area contributed by atoms with Crippen LogP contribution in [0.2, 0.25) is 0 Å². The third kappa shape index (κ3) is 4.20. The highest BCUT2D eigenvalue weighted by atomic mass is 32.1. The molecule has 1 saturated heterocycles. The number of amides is 1. The molecular formula is C20H24N2O4S. The van der Waals surface area contributed by atoms with Crippen molar-refractivity contribution in [3.63, 3.8) is 0 Å². The first-order valence-electron chi connectivity index (χ1n) is 9.01. The number of likely N-dealkylation sites (tertiary alicyclic amines) is 1. The van der Waals surface area contributed by atoms with Crippen LogP contribution in [-0.2, 0) is 27.2 Å². The summed E-state index contributed by atoms with van der Waals surface area (Å²) in [6, 6.07) is 8.28. The third-order valence-corrected chi connectivity index (χ3v) is 6.01. The summed E-state index contributed by atoms with van der Waals surface area (Å²) in [5, 5.41) is 12.3. The van der Waals surface area contributed by atoms with Gasteiger partial charge in [0.05, 0.1) is 18.7 Å². The molecular weight excluding hydrogens is 364 g/mol. The highest BCUT2D eigenvalue weighted by Gasteiger charge is 2.46. The Kier molecular flexibility index (Phi) is 5.92. The van der Waals surface area contributed by atoms with E-state index in [2.05, 4.69) is 36.2 Å². The number of thiazole rings is 1. The Hall–Kier alpha value is -2.25. The Balaban J connectivity index is 1.65. The number of aliphatic carboxylic acids is 1. The van der Waals surface area contributed by atoms with Crippen LogP contribution in [0.1, 0.15) is 24.6 Å². The van der Waals surface area contributed by atoms with Crippen LogP contribution < -0.4 is 0 Å². The van der Waals surface area contributed by atoms with Crippen LogP contribution in [0.5, 0.6) is 0 Å². The molecule has 0 bridgehead atoms. The van der Waals surface area contributed by atoms with Gasteiger partial charge in [-0.15, -0.1) is 11.3 Å². The summed E-state index contributed by atoms with van der Waals surface area (Å²) in [7, 11) is 1.49. The molecule has 2 heterocycles. The van der Waals surface area contributed by atoms with Crippen molar-refractivity contribution in [1.29, 1.82) is 0 Å². The van der Waals surface area contributed by atoms with Crippen molar-refractivity contribution >= 4 is 23.2 Å². The Morgan fingerprint density at radius 2 is 2.07 bits per heavy atom. The van der Waals surface area contributed by atoms with Crippen molar-refractivity contribution in [1.82, 2.24) is 9.88 Å². The molecule has 1 aliphatic heterocycles. The monoisotopic (exact) mass is 388 g/mol. The Labute approximate surface area is 162 Å². The van der Waals surface area contributed by atoms with Gasteiger partial charge >= 0.3 is 5.97 Å². The van der Waals surface area contributed by atoms with Gasteiger partial charge in [0, 0.05) is 31.1 Å². The van der Waals surface area contributed by atoms with E-state index >= 15 is 0 Å². The molecule has 6 nitrogen and oxygen atoms in total. The van der Waals surface area contributed by atoms with Crippen molar-refractivity contribution < 1.29 is 19.4 Å². The summed E-state index contributed by atoms with van der Waals surface area (Å²) >= 11 is 1.52. The molecule has 1 aliphatic rings. The number of carboxylic acid groups (broad SMARTS) is 1. The number of ether oxygens (including phenoxy) is 1. The molecule has 1 amide bonds. The number of benzene rings is 1. The molecule has 2 aromatic rings. The molecule has 27 heavy (non-hydrogen) atoms. The maximum absolute atomic E-state index is 12.6. The normalized spacial score (nSPS) is 19.4. The van der Waals surface area contributed by atoms with Crippen LogP contribution in [-0.4, -0.2) is 53.7 Å². The summed E-state index contributed by atoms with van der Waals surface area (Å²) in [5.41, 5.74) is 2.04. The van der Waals surface area contributed by atoms with Crippen LogP contribution in [0.25, 0.3) is 10.6 Å². The largest absolute Gasteiger partial charge is 0.481 e. The predicted molar refractivity (Wildman–Crippen MR) is 104 cm³/mol. The fraction of sp³-hybridized carbons (Fsp3) is 0.450. The van der Waals surface area contributed by atoms with Crippen molar-refractivity contribution in [2.75, 3.05) is 26.8 Å². The van der Waals surface area contributed by atoms with Gasteiger partial charge in [-0.3, -0.25) is 9.59 Å². The number of aromatic nitrogens is 1. The van der Waals surface area contributed by atoms with Crippen molar-refractivity contribution in [2.45, 2.75) is 26.2 Å². The molecule has 7 heteroatoms. The number of aryl methyl sites for hydroxylation is 1. The number of hydrogen-bond acceptors (Lipinski definition) is 5. The Morgan fingerprint density at radius 1 is 1.33 bits per heavy atom. The molecule has 0 saturated carbocycles. The highest BCUT2D eigenvalue weighted by molar-refractivity contribution is 7.13. The van der Waals surface area contributed by atoms with Crippen LogP contribution >= 0.6 is 11.3 Å². The van der Waals surface area contributed by atoms with Crippen LogP contribution in [0.3, 0.4) is 0 Å². The van der Waals surface area contributed by atoms with Gasteiger partial charge < -0.3 is 14.7 Å². The van der Waals surface area contributed by atoms with Gasteiger partial charge in [0.25, 0.3) is 0 Å². The van der Waals surface area contributed by atoms with E-state index in [0.29, 0.717) is 13.0 Å². The highest BCUT2D eigenvalue weighted by Crippen LogP contribution is 2.32. The van der Waals surface area contributed by atoms with E-state index in [1.165, 1.54) is 24.0 Å². The first kappa shape index (κ1) is 19.5. The summed E-state index contributed by atoms with van der Waals surface area (Å²) in [4.78, 5) is 30.4. The maximum Gasteiger partial charge on any atom is 0.313 e. The number of carbonyl (C=O) groups excluding carboxylic acids is 1. The van der Waals surface area contributed by atoms with E-state index in [9.17, 15) is 14.7 Å². The number of hydrogen-bond donors (Lipinski definition) is 1. The predicted octanol–water partition coefficient (Wildman–Crippen LogP) is 2.86. The van der Waals surface area contributed by atoms with E-state index in [0.717, 1.165) is 22.7 Å². The minimum absolute atomic E-state index is 0.0904. The van der Waals surface area contributed by atoms with Crippen molar-refractivity contribution in [3.8, 4) is 10.6 Å². The second-order valence-electron chi connectivity index (χ2n) is 6.96. The zero-order chi connectivity index (χ0) is 19.4. The van der Waals surface area contributed by atoms with E-state index in [4.69, 9.17) is 4.74 Å². The Morgan fingerprint density at radius 3 is 2.70 bits per heavy atom. The lowest BCUT2D eigenvalue weighted by atomic mass is 9.88. The molecule has 144 valence electrons. The van der Waals surface area contributed by atoms with Gasteiger partial charge in [-0.2, -0.15) is 0 Å². The molecule has 1 fully saturated rings. The lowest BCUT2D eigenvalue weighted by molar-refractivity contribution is -0.151. The standard InChI is InChI=1S/C20H24N2O4S/c1-3-14-4-6-15(7-5-14)18-21-16(11-27-18)10-17(23)22-9-8-20(12-22,13-26-2)19(24)25/h4-7,11H,3,8-10,12-13H2,1-2H3,(H,24,25). The molecule has 0 aliphatic carbocycles. The molecule has 3 rings (SSSR count). The molecule has 1 aromatic carbocycles. The number of carbonyl (C=O) groups is 2. The summed E-state index contributed by atoms with van der Waals surface area (Å²) in [6.45, 7) is 2.85. The average molecular weight is 388 g/mol. The summed E-state index contributed by atoms with van der Waals surface area (Å²) in [6.07, 6.45) is 1.59. The zero-order valence-corrected chi connectivity index (χ0v) is 16.4. The Bertz CT molecular complexity index is 818. The maximum atomic E-state index is 12.6. The molecule has 0 radical (unpaired) electrons. The van der Waals surface area contributed by atoms with Crippen LogP contribution in [0, 0.1) is 5.41 Å². The third-order valence-electron chi connectivity index (χ3n) is 5.07. The molecule has 1 aromatic heterocycles. The second-order valence-corrected chi connectivity index (χ2v) is 7.81. The van der Waals surface area contributed by atoms with Crippen LogP contribution in [0.15, 0.2) is 29.6 Å². The van der Waals surface area contributed by atoms with Gasteiger partial charge in [-0.05, 0) is 18.4 Å². The molecule has 1 atom stereocenters. The SMILES string of the molecule is CCc1ccc(-c2nc(CC(=O)N3CCC(COC)(C(=O)O)C3)cs2)cc1.